The van der Waals surface area contributed by atoms with Gasteiger partial charge >= 0.3 is 0 Å². The Morgan fingerprint density at radius 3 is 2.73 bits per heavy atom. The van der Waals surface area contributed by atoms with Crippen LogP contribution in [0.5, 0.6) is 11.5 Å². The summed E-state index contributed by atoms with van der Waals surface area (Å²) in [4.78, 5) is 31.9. The molecule has 1 N–H and O–H groups in total. The van der Waals surface area contributed by atoms with Gasteiger partial charge in [0.2, 0.25) is 12.7 Å². The van der Waals surface area contributed by atoms with Crippen LogP contribution in [-0.2, 0) is 9.59 Å². The highest BCUT2D eigenvalue weighted by Crippen LogP contribution is 2.34. The number of fused-ring (bicyclic) bond motifs is 1. The zero-order chi connectivity index (χ0) is 23.4. The number of anilines is 1. The molecule has 0 fully saturated rings. The van der Waals surface area contributed by atoms with E-state index in [2.05, 4.69) is 17.2 Å². The molecule has 1 unspecified atom stereocenters. The fourth-order valence-corrected chi connectivity index (χ4v) is 4.45. The van der Waals surface area contributed by atoms with E-state index in [0.717, 1.165) is 24.0 Å². The lowest BCUT2D eigenvalue weighted by Gasteiger charge is -2.18. The molecule has 0 radical (unpaired) electrons. The third-order valence-corrected chi connectivity index (χ3v) is 6.22. The molecule has 0 saturated heterocycles. The maximum absolute atomic E-state index is 13.3. The Morgan fingerprint density at radius 2 is 1.97 bits per heavy atom. The van der Waals surface area contributed by atoms with E-state index in [1.807, 2.05) is 56.3 Å². The van der Waals surface area contributed by atoms with Gasteiger partial charge in [-0.3, -0.25) is 14.5 Å². The van der Waals surface area contributed by atoms with Crippen molar-refractivity contribution >= 4 is 40.5 Å². The van der Waals surface area contributed by atoms with E-state index in [1.165, 1.54) is 11.8 Å². The molecule has 1 atom stereocenters. The summed E-state index contributed by atoms with van der Waals surface area (Å²) >= 11 is 1.26. The van der Waals surface area contributed by atoms with Gasteiger partial charge in [0.1, 0.15) is 5.70 Å². The molecule has 2 aromatic carbocycles. The first-order valence-corrected chi connectivity index (χ1v) is 12.0. The average molecular weight is 466 g/mol. The van der Waals surface area contributed by atoms with Crippen molar-refractivity contribution in [1.82, 2.24) is 5.32 Å². The lowest BCUT2D eigenvalue weighted by atomic mass is 10.1. The van der Waals surface area contributed by atoms with Crippen LogP contribution in [0.4, 0.5) is 5.69 Å². The lowest BCUT2D eigenvalue weighted by Crippen LogP contribution is -2.35. The van der Waals surface area contributed by atoms with Gasteiger partial charge in [0.15, 0.2) is 16.7 Å². The van der Waals surface area contributed by atoms with Crippen LogP contribution in [0.25, 0.3) is 6.08 Å². The summed E-state index contributed by atoms with van der Waals surface area (Å²) in [5, 5.41) is 3.48. The number of nitrogens with one attached hydrogen (secondary N) is 1. The van der Waals surface area contributed by atoms with Crippen LogP contribution in [-0.4, -0.2) is 35.6 Å². The van der Waals surface area contributed by atoms with E-state index in [9.17, 15) is 9.59 Å². The van der Waals surface area contributed by atoms with E-state index in [-0.39, 0.29) is 30.4 Å². The Morgan fingerprint density at radius 1 is 1.21 bits per heavy atom. The maximum atomic E-state index is 13.3. The van der Waals surface area contributed by atoms with Crippen molar-refractivity contribution in [3.05, 3.63) is 59.3 Å². The molecule has 0 aromatic heterocycles. The molecule has 172 valence electrons. The highest BCUT2D eigenvalue weighted by molar-refractivity contribution is 8.14. The number of nitrogens with zero attached hydrogens (tertiary/aromatic N) is 2. The zero-order valence-electron chi connectivity index (χ0n) is 19.0. The molecular formula is C25H27N3O4S. The number of hydrogen-bond donors (Lipinski definition) is 1. The standard InChI is InChI=1S/C25H27N3O4S/c1-4-5-17(3)26-23(29)14-33-25-27-20(12-18-8-11-21-22(13-18)32-15-31-21)24(30)28(25)19-9-6-16(2)7-10-19/h6-13,17H,4-5,14-15H2,1-3H3,(H,26,29). The van der Waals surface area contributed by atoms with Gasteiger partial charge in [-0.25, -0.2) is 4.99 Å². The summed E-state index contributed by atoms with van der Waals surface area (Å²) in [6, 6.07) is 13.3. The van der Waals surface area contributed by atoms with E-state index < -0.39 is 0 Å². The molecular weight excluding hydrogens is 438 g/mol. The first-order valence-electron chi connectivity index (χ1n) is 11.0. The Balaban J connectivity index is 1.57. The van der Waals surface area contributed by atoms with Gasteiger partial charge in [-0.15, -0.1) is 0 Å². The van der Waals surface area contributed by atoms with E-state index in [0.29, 0.717) is 28.1 Å². The second kappa shape index (κ2) is 10.1. The summed E-state index contributed by atoms with van der Waals surface area (Å²) in [5.41, 5.74) is 2.90. The van der Waals surface area contributed by atoms with Gasteiger partial charge < -0.3 is 14.8 Å². The minimum absolute atomic E-state index is 0.0758. The molecule has 2 aromatic rings. The first kappa shape index (κ1) is 22.9. The molecule has 0 saturated carbocycles. The second-order valence-electron chi connectivity index (χ2n) is 8.06. The number of ether oxygens (including phenoxy) is 2. The third-order valence-electron chi connectivity index (χ3n) is 5.28. The largest absolute Gasteiger partial charge is 0.454 e. The summed E-state index contributed by atoms with van der Waals surface area (Å²) in [6.45, 7) is 6.26. The van der Waals surface area contributed by atoms with Crippen molar-refractivity contribution in [2.24, 2.45) is 4.99 Å². The van der Waals surface area contributed by atoms with Crippen molar-refractivity contribution in [3.63, 3.8) is 0 Å². The van der Waals surface area contributed by atoms with Crippen LogP contribution < -0.4 is 19.7 Å². The smallest absolute Gasteiger partial charge is 0.283 e. The molecule has 33 heavy (non-hydrogen) atoms. The van der Waals surface area contributed by atoms with Crippen molar-refractivity contribution in [2.75, 3.05) is 17.4 Å². The average Bonchev–Trinajstić information content (AvgIpc) is 3.37. The predicted octanol–water partition coefficient (Wildman–Crippen LogP) is 4.51. The number of thioether (sulfide) groups is 1. The van der Waals surface area contributed by atoms with Crippen LogP contribution in [0.2, 0.25) is 0 Å². The predicted molar refractivity (Wildman–Crippen MR) is 132 cm³/mol. The third kappa shape index (κ3) is 5.39. The minimum Gasteiger partial charge on any atom is -0.454 e. The Hall–Kier alpha value is -3.26. The molecule has 2 aliphatic heterocycles. The maximum Gasteiger partial charge on any atom is 0.283 e. The van der Waals surface area contributed by atoms with Crippen molar-refractivity contribution in [3.8, 4) is 11.5 Å². The number of amides is 2. The SMILES string of the molecule is CCCC(C)NC(=O)CSC1=NC(=Cc2ccc3c(c2)OCO3)C(=O)N1c1ccc(C)cc1. The van der Waals surface area contributed by atoms with E-state index in [4.69, 9.17) is 9.47 Å². The molecule has 0 bridgehead atoms. The summed E-state index contributed by atoms with van der Waals surface area (Å²) in [6.07, 6.45) is 3.65. The molecule has 7 nitrogen and oxygen atoms in total. The zero-order valence-corrected chi connectivity index (χ0v) is 19.8. The molecule has 2 amide bonds. The number of carbonyl (C=O) groups is 2. The number of hydrogen-bond acceptors (Lipinski definition) is 6. The Bertz CT molecular complexity index is 1110. The van der Waals surface area contributed by atoms with Gasteiger partial charge in [0.25, 0.3) is 5.91 Å². The van der Waals surface area contributed by atoms with Crippen LogP contribution in [0.1, 0.15) is 37.8 Å². The normalized spacial score (nSPS) is 16.8. The topological polar surface area (TPSA) is 80.2 Å². The number of aliphatic imine (C=N–C) groups is 1. The fourth-order valence-electron chi connectivity index (χ4n) is 3.63. The minimum atomic E-state index is -0.237. The van der Waals surface area contributed by atoms with Gasteiger partial charge in [0, 0.05) is 6.04 Å². The molecule has 4 rings (SSSR count). The van der Waals surface area contributed by atoms with Gasteiger partial charge in [-0.1, -0.05) is 48.9 Å². The Labute approximate surface area is 197 Å². The van der Waals surface area contributed by atoms with Gasteiger partial charge in [-0.2, -0.15) is 0 Å². The van der Waals surface area contributed by atoms with Crippen LogP contribution >= 0.6 is 11.8 Å². The monoisotopic (exact) mass is 465 g/mol. The van der Waals surface area contributed by atoms with Crippen LogP contribution in [0, 0.1) is 6.92 Å². The van der Waals surface area contributed by atoms with Crippen LogP contribution in [0.3, 0.4) is 0 Å². The Kier molecular flexibility index (Phi) is 7.03. The van der Waals surface area contributed by atoms with E-state index in [1.54, 1.807) is 11.0 Å². The van der Waals surface area contributed by atoms with Crippen LogP contribution in [0.15, 0.2) is 53.2 Å². The quantitative estimate of drug-likeness (QED) is 0.609. The number of aryl methyl sites for hydroxylation is 1. The summed E-state index contributed by atoms with van der Waals surface area (Å²) in [7, 11) is 0. The molecule has 2 heterocycles. The number of benzene rings is 2. The second-order valence-corrected chi connectivity index (χ2v) is 9.00. The van der Waals surface area contributed by atoms with E-state index >= 15 is 0 Å². The molecule has 0 spiro atoms. The first-order chi connectivity index (χ1) is 15.9. The van der Waals surface area contributed by atoms with Gasteiger partial charge in [-0.05, 0) is 56.2 Å². The van der Waals surface area contributed by atoms with Crippen molar-refractivity contribution < 1.29 is 19.1 Å². The highest BCUT2D eigenvalue weighted by Gasteiger charge is 2.32. The lowest BCUT2D eigenvalue weighted by molar-refractivity contribution is -0.119. The summed E-state index contributed by atoms with van der Waals surface area (Å²) in [5.74, 6) is 1.19. The van der Waals surface area contributed by atoms with Crippen molar-refractivity contribution in [1.29, 1.82) is 0 Å². The number of rotatable bonds is 7. The number of carbonyl (C=O) groups excluding carboxylic acids is 2. The fraction of sp³-hybridized carbons (Fsp3) is 0.320. The molecule has 0 aliphatic carbocycles. The molecule has 2 aliphatic rings. The van der Waals surface area contributed by atoms with Crippen molar-refractivity contribution in [2.45, 2.75) is 39.7 Å². The van der Waals surface area contributed by atoms with Gasteiger partial charge in [0.05, 0.1) is 11.4 Å². The number of amidine groups is 1. The summed E-state index contributed by atoms with van der Waals surface area (Å²) < 4.78 is 10.8. The highest BCUT2D eigenvalue weighted by atomic mass is 32.2. The molecule has 8 heteroatoms.